The molecule has 9 heteroatoms. The van der Waals surface area contributed by atoms with Gasteiger partial charge in [0.15, 0.2) is 0 Å². The maximum atomic E-state index is 11.3. The van der Waals surface area contributed by atoms with E-state index in [1.54, 1.807) is 42.5 Å². The fourth-order valence-corrected chi connectivity index (χ4v) is 4.39. The Balaban J connectivity index is 1.74. The Morgan fingerprint density at radius 2 is 1.66 bits per heavy atom. The number of rotatable bonds is 4. The van der Waals surface area contributed by atoms with Gasteiger partial charge < -0.3 is 9.84 Å². The Kier molecular flexibility index (Phi) is 6.35. The number of nitriles is 1. The number of thiazole rings is 1. The van der Waals surface area contributed by atoms with E-state index >= 15 is 0 Å². The van der Waals surface area contributed by atoms with Crippen molar-refractivity contribution in [3.8, 4) is 44.8 Å². The molecule has 1 N–H and O–H groups in total. The maximum Gasteiger partial charge on any atom is 0.511 e. The number of hydrogen-bond donors (Lipinski definition) is 1. The summed E-state index contributed by atoms with van der Waals surface area (Å²) in [4.78, 5) is 15.9. The van der Waals surface area contributed by atoms with E-state index in [1.165, 1.54) is 11.3 Å². The first kappa shape index (κ1) is 22.1. The second-order valence-electron chi connectivity index (χ2n) is 6.55. The Morgan fingerprint density at radius 3 is 2.34 bits per heavy atom. The highest BCUT2D eigenvalue weighted by Gasteiger charge is 2.15. The zero-order valence-electron chi connectivity index (χ0n) is 16.0. The first-order valence-corrected chi connectivity index (χ1v) is 11.0. The molecule has 1 aromatic heterocycles. The van der Waals surface area contributed by atoms with E-state index in [9.17, 15) is 9.90 Å². The van der Waals surface area contributed by atoms with E-state index in [4.69, 9.17) is 44.8 Å². The zero-order valence-corrected chi connectivity index (χ0v) is 19.1. The molecule has 0 saturated carbocycles. The minimum atomic E-state index is -1.45. The van der Waals surface area contributed by atoms with Crippen LogP contribution in [0, 0.1) is 11.3 Å². The van der Waals surface area contributed by atoms with E-state index in [0.29, 0.717) is 43.0 Å². The van der Waals surface area contributed by atoms with Crippen molar-refractivity contribution in [3.63, 3.8) is 0 Å². The second-order valence-corrected chi connectivity index (χ2v) is 8.63. The fourth-order valence-electron chi connectivity index (χ4n) is 3.04. The molecule has 0 spiro atoms. The van der Waals surface area contributed by atoms with Crippen LogP contribution in [0.3, 0.4) is 0 Å². The quantitative estimate of drug-likeness (QED) is 0.226. The summed E-state index contributed by atoms with van der Waals surface area (Å²) in [6.45, 7) is 0. The summed E-state index contributed by atoms with van der Waals surface area (Å²) < 4.78 is 5.03. The van der Waals surface area contributed by atoms with E-state index in [2.05, 4.69) is 4.98 Å². The van der Waals surface area contributed by atoms with Crippen molar-refractivity contribution in [1.29, 1.82) is 5.26 Å². The van der Waals surface area contributed by atoms with Gasteiger partial charge in [-0.3, -0.25) is 0 Å². The Hall–Kier alpha value is -3.08. The third-order valence-corrected chi connectivity index (χ3v) is 6.49. The van der Waals surface area contributed by atoms with Crippen molar-refractivity contribution in [1.82, 2.24) is 4.98 Å². The van der Waals surface area contributed by atoms with Crippen molar-refractivity contribution in [2.45, 2.75) is 0 Å². The van der Waals surface area contributed by atoms with Crippen LogP contribution < -0.4 is 4.74 Å². The predicted octanol–water partition coefficient (Wildman–Crippen LogP) is 8.03. The van der Waals surface area contributed by atoms with Gasteiger partial charge in [-0.2, -0.15) is 5.26 Å². The monoisotopic (exact) mass is 500 g/mol. The highest BCUT2D eigenvalue weighted by atomic mass is 35.5. The number of hydrogen-bond acceptors (Lipinski definition) is 5. The van der Waals surface area contributed by atoms with Gasteiger partial charge in [0, 0.05) is 22.1 Å². The molecular formula is C23H11Cl3N2O3S. The summed E-state index contributed by atoms with van der Waals surface area (Å²) in [5, 5.41) is 22.0. The first-order chi connectivity index (χ1) is 15.4. The molecule has 32 heavy (non-hydrogen) atoms. The number of carbonyl (C=O) groups is 1. The molecule has 0 atom stereocenters. The van der Waals surface area contributed by atoms with Gasteiger partial charge in [0.2, 0.25) is 0 Å². The summed E-state index contributed by atoms with van der Waals surface area (Å²) >= 11 is 19.6. The lowest BCUT2D eigenvalue weighted by Crippen LogP contribution is -2.04. The largest absolute Gasteiger partial charge is 0.511 e. The molecule has 4 rings (SSSR count). The summed E-state index contributed by atoms with van der Waals surface area (Å²) in [5.41, 5.74) is 3.67. The molecule has 0 saturated heterocycles. The molecule has 0 amide bonds. The normalized spacial score (nSPS) is 10.6. The molecule has 0 aliphatic rings. The van der Waals surface area contributed by atoms with Crippen LogP contribution in [0.1, 0.15) is 5.56 Å². The molecule has 1 heterocycles. The molecule has 4 aromatic rings. The number of carboxylic acid groups (broad SMARTS) is 1. The highest BCUT2D eigenvalue weighted by molar-refractivity contribution is 7.13. The minimum Gasteiger partial charge on any atom is -0.449 e. The van der Waals surface area contributed by atoms with Crippen LogP contribution in [0.5, 0.6) is 5.75 Å². The fraction of sp³-hybridized carbons (Fsp3) is 0. The molecule has 0 aliphatic carbocycles. The van der Waals surface area contributed by atoms with Crippen LogP contribution in [0.4, 0.5) is 4.79 Å². The summed E-state index contributed by atoms with van der Waals surface area (Å²) in [6, 6.07) is 17.2. The summed E-state index contributed by atoms with van der Waals surface area (Å²) in [7, 11) is 0. The van der Waals surface area contributed by atoms with Crippen LogP contribution in [0.25, 0.3) is 33.0 Å². The van der Waals surface area contributed by atoms with Crippen LogP contribution in [0.15, 0.2) is 60.0 Å². The third kappa shape index (κ3) is 4.57. The van der Waals surface area contributed by atoms with Gasteiger partial charge in [-0.1, -0.05) is 53.0 Å². The molecule has 0 radical (unpaired) electrons. The molecule has 5 nitrogen and oxygen atoms in total. The standard InChI is InChI=1S/C23H11Cl3N2O3S/c24-17-6-4-13(8-19(17)26)20-11-32-22(28-20)14-3-5-16(21(9-14)31-23(29)30)12-1-2-15(10-27)18(25)7-12/h1-9,11H,(H,29,30). The molecule has 0 aliphatic heterocycles. The summed E-state index contributed by atoms with van der Waals surface area (Å²) in [5.74, 6) is 0.127. The molecule has 0 unspecified atom stereocenters. The molecular weight excluding hydrogens is 491 g/mol. The van der Waals surface area contributed by atoms with Crippen molar-refractivity contribution in [2.24, 2.45) is 0 Å². The lowest BCUT2D eigenvalue weighted by Gasteiger charge is -2.11. The van der Waals surface area contributed by atoms with Gasteiger partial charge in [-0.25, -0.2) is 9.78 Å². The van der Waals surface area contributed by atoms with Gasteiger partial charge in [0.05, 0.1) is 26.3 Å². The van der Waals surface area contributed by atoms with E-state index < -0.39 is 6.16 Å². The number of halogens is 3. The predicted molar refractivity (Wildman–Crippen MR) is 127 cm³/mol. The topological polar surface area (TPSA) is 83.2 Å². The first-order valence-electron chi connectivity index (χ1n) is 9.02. The smallest absolute Gasteiger partial charge is 0.449 e. The van der Waals surface area contributed by atoms with Crippen LogP contribution >= 0.6 is 46.1 Å². The highest BCUT2D eigenvalue weighted by Crippen LogP contribution is 2.38. The van der Waals surface area contributed by atoms with E-state index in [-0.39, 0.29) is 10.8 Å². The number of nitrogens with zero attached hydrogens (tertiary/aromatic N) is 2. The summed E-state index contributed by atoms with van der Waals surface area (Å²) in [6.07, 6.45) is -1.45. The Labute approximate surface area is 202 Å². The lowest BCUT2D eigenvalue weighted by molar-refractivity contribution is 0.144. The average molecular weight is 502 g/mol. The third-order valence-electron chi connectivity index (χ3n) is 4.55. The van der Waals surface area contributed by atoms with Gasteiger partial charge in [-0.15, -0.1) is 11.3 Å². The van der Waals surface area contributed by atoms with Gasteiger partial charge in [0.1, 0.15) is 16.8 Å². The van der Waals surface area contributed by atoms with Gasteiger partial charge >= 0.3 is 6.16 Å². The number of ether oxygens (including phenoxy) is 1. The number of aromatic nitrogens is 1. The van der Waals surface area contributed by atoms with E-state index in [1.807, 2.05) is 23.6 Å². The Morgan fingerprint density at radius 1 is 0.938 bits per heavy atom. The van der Waals surface area contributed by atoms with Crippen molar-refractivity contribution in [2.75, 3.05) is 0 Å². The van der Waals surface area contributed by atoms with E-state index in [0.717, 1.165) is 5.56 Å². The van der Waals surface area contributed by atoms with Gasteiger partial charge in [0.25, 0.3) is 0 Å². The van der Waals surface area contributed by atoms with Crippen LogP contribution in [-0.4, -0.2) is 16.2 Å². The Bertz CT molecular complexity index is 1400. The average Bonchev–Trinajstić information content (AvgIpc) is 3.25. The molecule has 0 fully saturated rings. The van der Waals surface area contributed by atoms with Crippen molar-refractivity contribution < 1.29 is 14.6 Å². The SMILES string of the molecule is N#Cc1ccc(-c2ccc(-c3nc(-c4ccc(Cl)c(Cl)c4)cs3)cc2OC(=O)O)cc1Cl. The van der Waals surface area contributed by atoms with Crippen molar-refractivity contribution >= 4 is 52.3 Å². The minimum absolute atomic E-state index is 0.127. The molecule has 3 aromatic carbocycles. The second kappa shape index (κ2) is 9.19. The van der Waals surface area contributed by atoms with Gasteiger partial charge in [-0.05, 0) is 42.0 Å². The lowest BCUT2D eigenvalue weighted by atomic mass is 10.0. The zero-order chi connectivity index (χ0) is 22.8. The molecule has 158 valence electrons. The van der Waals surface area contributed by atoms with Crippen LogP contribution in [0.2, 0.25) is 15.1 Å². The van der Waals surface area contributed by atoms with Crippen LogP contribution in [-0.2, 0) is 0 Å². The number of benzene rings is 3. The van der Waals surface area contributed by atoms with Crippen molar-refractivity contribution in [3.05, 3.63) is 80.6 Å². The maximum absolute atomic E-state index is 11.3. The molecule has 0 bridgehead atoms.